The van der Waals surface area contributed by atoms with Gasteiger partial charge in [-0.15, -0.1) is 0 Å². The van der Waals surface area contributed by atoms with Crippen LogP contribution in [0.15, 0.2) is 23.2 Å². The molecule has 0 saturated carbocycles. The van der Waals surface area contributed by atoms with Crippen LogP contribution in [0.25, 0.3) is 0 Å². The van der Waals surface area contributed by atoms with Crippen LogP contribution in [-0.4, -0.2) is 43.8 Å². The first-order chi connectivity index (χ1) is 13.3. The third-order valence-electron chi connectivity index (χ3n) is 4.42. The van der Waals surface area contributed by atoms with Crippen LogP contribution in [0, 0.1) is 5.82 Å². The quantitative estimate of drug-likeness (QED) is 0.565. The van der Waals surface area contributed by atoms with Gasteiger partial charge in [0.2, 0.25) is 6.35 Å². The van der Waals surface area contributed by atoms with Crippen molar-refractivity contribution in [3.05, 3.63) is 40.2 Å². The van der Waals surface area contributed by atoms with Gasteiger partial charge in [0.15, 0.2) is 4.91 Å². The lowest BCUT2D eigenvalue weighted by Gasteiger charge is -2.28. The number of halogens is 1. The number of urea groups is 1. The summed E-state index contributed by atoms with van der Waals surface area (Å²) < 4.78 is 40.7. The Morgan fingerprint density at radius 3 is 2.21 bits per heavy atom. The molecule has 1 unspecified atom stereocenters. The zero-order chi connectivity index (χ0) is 22.1. The Bertz CT molecular complexity index is 930. The molecule has 1 atom stereocenters. The first kappa shape index (κ1) is 22.6. The van der Waals surface area contributed by atoms with E-state index in [0.29, 0.717) is 16.8 Å². The van der Waals surface area contributed by atoms with E-state index in [1.54, 1.807) is 4.72 Å². The number of carbonyl (C=O) groups excluding carboxylic acids is 2. The first-order valence-electron chi connectivity index (χ1n) is 8.93. The maximum absolute atomic E-state index is 14.0. The van der Waals surface area contributed by atoms with Gasteiger partial charge in [-0.2, -0.15) is 0 Å². The van der Waals surface area contributed by atoms with Gasteiger partial charge in [-0.05, 0) is 35.1 Å². The molecule has 4 N–H and O–H groups in total. The molecule has 1 aliphatic heterocycles. The Hall–Kier alpha value is -2.66. The molecule has 0 spiro atoms. The fourth-order valence-electron chi connectivity index (χ4n) is 2.82. The van der Waals surface area contributed by atoms with E-state index in [-0.39, 0.29) is 11.8 Å². The number of hydrogen-bond acceptors (Lipinski definition) is 6. The highest BCUT2D eigenvalue weighted by Gasteiger charge is 2.35. The van der Waals surface area contributed by atoms with Crippen LogP contribution in [-0.2, 0) is 14.8 Å². The van der Waals surface area contributed by atoms with E-state index in [1.165, 1.54) is 19.2 Å². The van der Waals surface area contributed by atoms with E-state index >= 15 is 0 Å². The van der Waals surface area contributed by atoms with Gasteiger partial charge in [-0.1, -0.05) is 27.7 Å². The molecule has 1 aromatic carbocycles. The molecule has 1 heterocycles. The van der Waals surface area contributed by atoms with Crippen molar-refractivity contribution < 1.29 is 27.5 Å². The molecule has 3 amide bonds. The Kier molecular flexibility index (Phi) is 6.53. The Labute approximate surface area is 169 Å². The summed E-state index contributed by atoms with van der Waals surface area (Å²) in [6.45, 7) is 7.27. The van der Waals surface area contributed by atoms with Gasteiger partial charge in [0, 0.05) is 18.9 Å². The summed E-state index contributed by atoms with van der Waals surface area (Å²) in [6, 6.07) is 1.48. The largest absolute Gasteiger partial charge is 0.356 e. The number of nitrogens with zero attached hydrogens (tertiary/aromatic N) is 1. The summed E-state index contributed by atoms with van der Waals surface area (Å²) in [5.74, 6) is -1.72. The standard InChI is InChI=1S/C18H25FN4O5S/c1-9(2)12-6-11(19)7-13(10(3)4)15(12)21-17(25)22-29(27,28)14-8-20-18(26)23(5)16(14)24/h6-10,18,20,26H,1-5H3,(H2,21,22,25). The van der Waals surface area contributed by atoms with E-state index < -0.39 is 39.0 Å². The number of benzene rings is 1. The highest BCUT2D eigenvalue weighted by atomic mass is 32.2. The van der Waals surface area contributed by atoms with Crippen molar-refractivity contribution in [3.63, 3.8) is 0 Å². The van der Waals surface area contributed by atoms with E-state index in [4.69, 9.17) is 0 Å². The van der Waals surface area contributed by atoms with Crippen molar-refractivity contribution in [2.24, 2.45) is 0 Å². The Balaban J connectivity index is 2.33. The third kappa shape index (κ3) is 4.85. The lowest BCUT2D eigenvalue weighted by molar-refractivity contribution is -0.136. The zero-order valence-corrected chi connectivity index (χ0v) is 17.6. The van der Waals surface area contributed by atoms with Crippen molar-refractivity contribution in [1.82, 2.24) is 14.9 Å². The minimum Gasteiger partial charge on any atom is -0.356 e. The number of carbonyl (C=O) groups is 2. The fourth-order valence-corrected chi connectivity index (χ4v) is 3.82. The zero-order valence-electron chi connectivity index (χ0n) is 16.8. The van der Waals surface area contributed by atoms with Crippen molar-refractivity contribution in [2.75, 3.05) is 12.4 Å². The molecular weight excluding hydrogens is 403 g/mol. The summed E-state index contributed by atoms with van der Waals surface area (Å²) in [5, 5.41) is 14.3. The predicted octanol–water partition coefficient (Wildman–Crippen LogP) is 1.70. The van der Waals surface area contributed by atoms with Crippen molar-refractivity contribution in [3.8, 4) is 0 Å². The molecule has 29 heavy (non-hydrogen) atoms. The van der Waals surface area contributed by atoms with Crippen LogP contribution in [0.2, 0.25) is 0 Å². The molecule has 0 aromatic heterocycles. The van der Waals surface area contributed by atoms with Gasteiger partial charge in [0.05, 0.1) is 0 Å². The van der Waals surface area contributed by atoms with Crippen LogP contribution >= 0.6 is 0 Å². The SMILES string of the molecule is CC(C)c1cc(F)cc(C(C)C)c1NC(=O)NS(=O)(=O)C1=CNC(O)N(C)C1=O. The van der Waals surface area contributed by atoms with Gasteiger partial charge in [0.25, 0.3) is 15.9 Å². The molecule has 11 heteroatoms. The molecule has 1 aromatic rings. The molecule has 2 rings (SSSR count). The van der Waals surface area contributed by atoms with Crippen LogP contribution in [0.3, 0.4) is 0 Å². The average Bonchev–Trinajstić information content (AvgIpc) is 2.59. The lowest BCUT2D eigenvalue weighted by Crippen LogP contribution is -2.51. The predicted molar refractivity (Wildman–Crippen MR) is 106 cm³/mol. The molecule has 0 aliphatic carbocycles. The second-order valence-electron chi connectivity index (χ2n) is 7.29. The lowest BCUT2D eigenvalue weighted by atomic mass is 9.92. The maximum atomic E-state index is 14.0. The van der Waals surface area contributed by atoms with Crippen molar-refractivity contribution >= 4 is 27.6 Å². The summed E-state index contributed by atoms with van der Waals surface area (Å²) in [5.41, 5.74) is 1.34. The van der Waals surface area contributed by atoms with E-state index in [9.17, 15) is 27.5 Å². The molecule has 9 nitrogen and oxygen atoms in total. The number of aliphatic hydroxyl groups is 1. The number of rotatable bonds is 5. The van der Waals surface area contributed by atoms with Crippen LogP contribution in [0.1, 0.15) is 50.7 Å². The van der Waals surface area contributed by atoms with Gasteiger partial charge < -0.3 is 15.7 Å². The molecule has 160 valence electrons. The van der Waals surface area contributed by atoms with Crippen LogP contribution in [0.5, 0.6) is 0 Å². The number of hydrogen-bond donors (Lipinski definition) is 4. The summed E-state index contributed by atoms with van der Waals surface area (Å²) >= 11 is 0. The van der Waals surface area contributed by atoms with E-state index in [2.05, 4.69) is 10.6 Å². The normalized spacial score (nSPS) is 17.3. The first-order valence-corrected chi connectivity index (χ1v) is 10.4. The second-order valence-corrected chi connectivity index (χ2v) is 8.94. The van der Waals surface area contributed by atoms with Crippen LogP contribution in [0.4, 0.5) is 14.9 Å². The summed E-state index contributed by atoms with van der Waals surface area (Å²) in [4.78, 5) is 24.6. The fraction of sp³-hybridized carbons (Fsp3) is 0.444. The Morgan fingerprint density at radius 2 is 1.72 bits per heavy atom. The summed E-state index contributed by atoms with van der Waals surface area (Å²) in [7, 11) is -3.32. The molecule has 0 bridgehead atoms. The van der Waals surface area contributed by atoms with Crippen LogP contribution < -0.4 is 15.4 Å². The van der Waals surface area contributed by atoms with Crippen molar-refractivity contribution in [2.45, 2.75) is 45.9 Å². The number of amides is 3. The molecule has 0 fully saturated rings. The van der Waals surface area contributed by atoms with Gasteiger partial charge >= 0.3 is 6.03 Å². The highest BCUT2D eigenvalue weighted by Crippen LogP contribution is 2.33. The Morgan fingerprint density at radius 1 is 1.21 bits per heavy atom. The molecule has 1 aliphatic rings. The number of sulfonamides is 1. The minimum absolute atomic E-state index is 0.142. The summed E-state index contributed by atoms with van der Waals surface area (Å²) in [6.07, 6.45) is -0.559. The van der Waals surface area contributed by atoms with E-state index in [0.717, 1.165) is 11.1 Å². The average molecular weight is 428 g/mol. The maximum Gasteiger partial charge on any atom is 0.333 e. The van der Waals surface area contributed by atoms with E-state index in [1.807, 2.05) is 27.7 Å². The number of aliphatic hydroxyl groups excluding tert-OH is 1. The van der Waals surface area contributed by atoms with Crippen molar-refractivity contribution in [1.29, 1.82) is 0 Å². The highest BCUT2D eigenvalue weighted by molar-refractivity contribution is 7.94. The smallest absolute Gasteiger partial charge is 0.333 e. The number of likely N-dealkylation sites (N-methyl/N-ethyl adjacent to an activating group) is 1. The third-order valence-corrected chi connectivity index (χ3v) is 5.75. The second kappa shape index (κ2) is 8.37. The van der Waals surface area contributed by atoms with Gasteiger partial charge in [-0.3, -0.25) is 9.69 Å². The molecule has 0 radical (unpaired) electrons. The van der Waals surface area contributed by atoms with Gasteiger partial charge in [0.1, 0.15) is 5.82 Å². The molecule has 0 saturated heterocycles. The molecular formula is C18H25FN4O5S. The topological polar surface area (TPSA) is 128 Å². The monoisotopic (exact) mass is 428 g/mol. The number of nitrogens with one attached hydrogen (secondary N) is 3. The van der Waals surface area contributed by atoms with Gasteiger partial charge in [-0.25, -0.2) is 22.3 Å². The minimum atomic E-state index is -4.52. The number of anilines is 1.